The molecule has 1 aromatic rings. The lowest BCUT2D eigenvalue weighted by Crippen LogP contribution is -2.33. The number of hydrogen-bond donors (Lipinski definition) is 1. The van der Waals surface area contributed by atoms with Gasteiger partial charge in [-0.3, -0.25) is 0 Å². The molecule has 2 atom stereocenters. The van der Waals surface area contributed by atoms with E-state index >= 15 is 0 Å². The van der Waals surface area contributed by atoms with E-state index in [-0.39, 0.29) is 5.92 Å². The third-order valence-corrected chi connectivity index (χ3v) is 3.66. The third kappa shape index (κ3) is 2.00. The molecule has 1 saturated heterocycles. The van der Waals surface area contributed by atoms with Crippen LogP contribution in [-0.2, 0) is 10.3 Å². The Morgan fingerprint density at radius 3 is 2.75 bits per heavy atom. The summed E-state index contributed by atoms with van der Waals surface area (Å²) in [5.41, 5.74) is 2.62. The molecule has 1 aliphatic heterocycles. The van der Waals surface area contributed by atoms with Gasteiger partial charge in [-0.2, -0.15) is 0 Å². The number of ether oxygens (including phenoxy) is 1. The van der Waals surface area contributed by atoms with Gasteiger partial charge in [0.2, 0.25) is 0 Å². The molecule has 1 aliphatic rings. The fraction of sp³-hybridized carbons (Fsp3) is 0.571. The normalized spacial score (nSPS) is 24.4. The summed E-state index contributed by atoms with van der Waals surface area (Å²) in [6, 6.07) is 6.25. The van der Waals surface area contributed by atoms with E-state index in [0.717, 1.165) is 24.2 Å². The summed E-state index contributed by atoms with van der Waals surface area (Å²) in [5.74, 6) is 0.216. The van der Waals surface area contributed by atoms with E-state index in [1.807, 2.05) is 6.92 Å². The highest BCUT2D eigenvalue weighted by Gasteiger charge is 2.37. The molecule has 0 aromatic heterocycles. The highest BCUT2D eigenvalue weighted by atomic mass is 16.5. The number of rotatable bonds is 2. The van der Waals surface area contributed by atoms with Gasteiger partial charge in [-0.25, -0.2) is 0 Å². The summed E-state index contributed by atoms with van der Waals surface area (Å²) in [6.45, 7) is 7.46. The molecule has 2 rings (SSSR count). The highest BCUT2D eigenvalue weighted by Crippen LogP contribution is 2.36. The van der Waals surface area contributed by atoms with Crippen molar-refractivity contribution in [3.63, 3.8) is 0 Å². The van der Waals surface area contributed by atoms with Crippen molar-refractivity contribution in [2.75, 3.05) is 13.2 Å². The van der Waals surface area contributed by atoms with E-state index in [1.165, 1.54) is 5.56 Å². The molecule has 0 amide bonds. The predicted molar refractivity (Wildman–Crippen MR) is 64.4 cm³/mol. The standard InChI is InChI=1S/C14H20O2/c1-10-4-5-11(2)13(8-10)14(3,15)12-6-7-16-9-12/h4-5,8,12,15H,6-7,9H2,1-3H3. The maximum Gasteiger partial charge on any atom is 0.0922 e. The van der Waals surface area contributed by atoms with Crippen molar-refractivity contribution in [1.82, 2.24) is 0 Å². The lowest BCUT2D eigenvalue weighted by molar-refractivity contribution is -0.0103. The Bertz CT molecular complexity index is 376. The Morgan fingerprint density at radius 1 is 1.38 bits per heavy atom. The molecule has 0 radical (unpaired) electrons. The SMILES string of the molecule is Cc1ccc(C)c(C(C)(O)C2CCOC2)c1. The first kappa shape index (κ1) is 11.6. The zero-order valence-electron chi connectivity index (χ0n) is 10.3. The summed E-state index contributed by atoms with van der Waals surface area (Å²) in [4.78, 5) is 0. The Balaban J connectivity index is 2.37. The van der Waals surface area contributed by atoms with Gasteiger partial charge in [0.05, 0.1) is 12.2 Å². The van der Waals surface area contributed by atoms with Gasteiger partial charge in [-0.15, -0.1) is 0 Å². The van der Waals surface area contributed by atoms with Crippen molar-refractivity contribution in [3.8, 4) is 0 Å². The molecule has 0 aliphatic carbocycles. The molecule has 16 heavy (non-hydrogen) atoms. The molecule has 1 heterocycles. The molecule has 2 unspecified atom stereocenters. The number of aliphatic hydroxyl groups is 1. The molecule has 88 valence electrons. The highest BCUT2D eigenvalue weighted by molar-refractivity contribution is 5.35. The number of aryl methyl sites for hydroxylation is 2. The Hall–Kier alpha value is -0.860. The number of hydrogen-bond acceptors (Lipinski definition) is 2. The predicted octanol–water partition coefficient (Wildman–Crippen LogP) is 2.55. The van der Waals surface area contributed by atoms with Crippen LogP contribution in [-0.4, -0.2) is 18.3 Å². The molecule has 2 nitrogen and oxygen atoms in total. The van der Waals surface area contributed by atoms with Gasteiger partial charge in [0.25, 0.3) is 0 Å². The fourth-order valence-electron chi connectivity index (χ4n) is 2.48. The first-order valence-electron chi connectivity index (χ1n) is 5.89. The van der Waals surface area contributed by atoms with Gasteiger partial charge in [-0.1, -0.05) is 23.8 Å². The van der Waals surface area contributed by atoms with Gasteiger partial charge in [0.1, 0.15) is 0 Å². The van der Waals surface area contributed by atoms with Crippen molar-refractivity contribution >= 4 is 0 Å². The van der Waals surface area contributed by atoms with Crippen molar-refractivity contribution in [1.29, 1.82) is 0 Å². The quantitative estimate of drug-likeness (QED) is 0.830. The third-order valence-electron chi connectivity index (χ3n) is 3.66. The van der Waals surface area contributed by atoms with Crippen LogP contribution < -0.4 is 0 Å². The summed E-state index contributed by atoms with van der Waals surface area (Å²) >= 11 is 0. The van der Waals surface area contributed by atoms with Gasteiger partial charge in [-0.05, 0) is 38.3 Å². The van der Waals surface area contributed by atoms with Crippen LogP contribution in [0.4, 0.5) is 0 Å². The average molecular weight is 220 g/mol. The molecular formula is C14H20O2. The second kappa shape index (κ2) is 4.19. The van der Waals surface area contributed by atoms with Crippen molar-refractivity contribution < 1.29 is 9.84 Å². The molecule has 2 heteroatoms. The molecule has 1 N–H and O–H groups in total. The first-order valence-corrected chi connectivity index (χ1v) is 5.89. The Labute approximate surface area is 97.3 Å². The fourth-order valence-corrected chi connectivity index (χ4v) is 2.48. The van der Waals surface area contributed by atoms with Crippen LogP contribution in [0.5, 0.6) is 0 Å². The molecule has 0 spiro atoms. The first-order chi connectivity index (χ1) is 7.51. The average Bonchev–Trinajstić information content (AvgIpc) is 2.75. The minimum atomic E-state index is -0.771. The second-order valence-corrected chi connectivity index (χ2v) is 5.03. The Kier molecular flexibility index (Phi) is 3.04. The summed E-state index contributed by atoms with van der Waals surface area (Å²) < 4.78 is 5.38. The molecule has 0 bridgehead atoms. The summed E-state index contributed by atoms with van der Waals surface area (Å²) in [6.07, 6.45) is 0.945. The zero-order valence-corrected chi connectivity index (χ0v) is 10.3. The van der Waals surface area contributed by atoms with Crippen molar-refractivity contribution in [2.45, 2.75) is 32.8 Å². The van der Waals surface area contributed by atoms with Gasteiger partial charge in [0.15, 0.2) is 0 Å². The summed E-state index contributed by atoms with van der Waals surface area (Å²) in [7, 11) is 0. The topological polar surface area (TPSA) is 29.5 Å². The zero-order chi connectivity index (χ0) is 11.8. The van der Waals surface area contributed by atoms with E-state index in [4.69, 9.17) is 4.74 Å². The largest absolute Gasteiger partial charge is 0.385 e. The monoisotopic (exact) mass is 220 g/mol. The Morgan fingerprint density at radius 2 is 2.12 bits per heavy atom. The van der Waals surface area contributed by atoms with Crippen LogP contribution in [0.15, 0.2) is 18.2 Å². The van der Waals surface area contributed by atoms with Crippen molar-refractivity contribution in [2.24, 2.45) is 5.92 Å². The molecule has 1 aromatic carbocycles. The number of benzene rings is 1. The van der Waals surface area contributed by atoms with Crippen LogP contribution in [0.3, 0.4) is 0 Å². The van der Waals surface area contributed by atoms with Crippen LogP contribution in [0.2, 0.25) is 0 Å². The van der Waals surface area contributed by atoms with Crippen LogP contribution in [0.1, 0.15) is 30.0 Å². The maximum atomic E-state index is 10.7. The maximum absolute atomic E-state index is 10.7. The summed E-state index contributed by atoms with van der Waals surface area (Å²) in [5, 5.41) is 10.7. The molecule has 1 fully saturated rings. The van der Waals surface area contributed by atoms with E-state index < -0.39 is 5.60 Å². The molecular weight excluding hydrogens is 200 g/mol. The minimum Gasteiger partial charge on any atom is -0.385 e. The second-order valence-electron chi connectivity index (χ2n) is 5.03. The lowest BCUT2D eigenvalue weighted by atomic mass is 9.80. The lowest BCUT2D eigenvalue weighted by Gasteiger charge is -2.31. The van der Waals surface area contributed by atoms with E-state index in [9.17, 15) is 5.11 Å². The molecule has 0 saturated carbocycles. The van der Waals surface area contributed by atoms with Crippen LogP contribution in [0, 0.1) is 19.8 Å². The van der Waals surface area contributed by atoms with E-state index in [1.54, 1.807) is 0 Å². The van der Waals surface area contributed by atoms with Crippen LogP contribution >= 0.6 is 0 Å². The van der Waals surface area contributed by atoms with E-state index in [0.29, 0.717) is 6.61 Å². The smallest absolute Gasteiger partial charge is 0.0922 e. The minimum absolute atomic E-state index is 0.216. The van der Waals surface area contributed by atoms with Crippen molar-refractivity contribution in [3.05, 3.63) is 34.9 Å². The van der Waals surface area contributed by atoms with Gasteiger partial charge >= 0.3 is 0 Å². The van der Waals surface area contributed by atoms with Gasteiger partial charge in [0, 0.05) is 12.5 Å². The van der Waals surface area contributed by atoms with E-state index in [2.05, 4.69) is 32.0 Å². The van der Waals surface area contributed by atoms with Gasteiger partial charge < -0.3 is 9.84 Å². The van der Waals surface area contributed by atoms with Crippen LogP contribution in [0.25, 0.3) is 0 Å².